The summed E-state index contributed by atoms with van der Waals surface area (Å²) in [6.45, 7) is 0. The molecule has 5 rings (SSSR count). The minimum absolute atomic E-state index is 0.0169. The molecule has 1 aliphatic carbocycles. The third-order valence-electron chi connectivity index (χ3n) is 5.82. The fraction of sp³-hybridized carbons (Fsp3) is 0.300. The lowest BCUT2D eigenvalue weighted by molar-refractivity contribution is -0.384. The predicted octanol–water partition coefficient (Wildman–Crippen LogP) is 3.84. The van der Waals surface area contributed by atoms with Gasteiger partial charge in [-0.15, -0.1) is 0 Å². The Morgan fingerprint density at radius 3 is 2.28 bits per heavy atom. The highest BCUT2D eigenvalue weighted by Gasteiger charge is 2.70. The molecule has 9 nitrogen and oxygen atoms in total. The number of rotatable bonds is 4. The molecule has 2 aliphatic heterocycles. The molecule has 1 saturated carbocycles. The Bertz CT molecular complexity index is 1030. The summed E-state index contributed by atoms with van der Waals surface area (Å²) in [5.41, 5.74) is 0.570. The first-order chi connectivity index (χ1) is 14.0. The highest BCUT2D eigenvalue weighted by Crippen LogP contribution is 2.55. The van der Waals surface area contributed by atoms with E-state index in [9.17, 15) is 19.7 Å². The van der Waals surface area contributed by atoms with E-state index in [-0.39, 0.29) is 23.5 Å². The number of hydrogen-bond donors (Lipinski definition) is 0. The van der Waals surface area contributed by atoms with E-state index >= 15 is 0 Å². The largest absolute Gasteiger partial charge is 0.276 e. The Morgan fingerprint density at radius 2 is 1.66 bits per heavy atom. The Hall–Kier alpha value is -3.46. The van der Waals surface area contributed by atoms with Crippen molar-refractivity contribution in [2.45, 2.75) is 37.4 Å². The normalized spacial score (nSPS) is 27.8. The van der Waals surface area contributed by atoms with Crippen LogP contribution in [-0.4, -0.2) is 38.5 Å². The molecule has 3 aliphatic rings. The van der Waals surface area contributed by atoms with Gasteiger partial charge in [-0.3, -0.25) is 19.7 Å². The van der Waals surface area contributed by atoms with Crippen molar-refractivity contribution >= 4 is 23.2 Å². The molecule has 3 atom stereocenters. The van der Waals surface area contributed by atoms with Crippen molar-refractivity contribution < 1.29 is 14.5 Å². The molecule has 0 spiro atoms. The van der Waals surface area contributed by atoms with Crippen LogP contribution in [0.3, 0.4) is 0 Å². The lowest BCUT2D eigenvalue weighted by Gasteiger charge is -2.19. The van der Waals surface area contributed by atoms with Crippen molar-refractivity contribution in [2.75, 3.05) is 0 Å². The fourth-order valence-electron chi connectivity index (χ4n) is 4.36. The summed E-state index contributed by atoms with van der Waals surface area (Å²) >= 11 is 0. The van der Waals surface area contributed by atoms with Gasteiger partial charge >= 0.3 is 0 Å². The molecule has 1 saturated heterocycles. The van der Waals surface area contributed by atoms with Crippen LogP contribution in [0, 0.1) is 10.1 Å². The molecule has 0 bridgehead atoms. The van der Waals surface area contributed by atoms with E-state index in [2.05, 4.69) is 10.2 Å². The molecule has 9 heteroatoms. The van der Waals surface area contributed by atoms with Crippen LogP contribution in [0.1, 0.15) is 46.4 Å². The second-order valence-electron chi connectivity index (χ2n) is 7.43. The number of nitrogens with zero attached hydrogens (tertiary/aromatic N) is 5. The minimum Gasteiger partial charge on any atom is -0.267 e. The number of nitro benzene ring substituents is 1. The zero-order valence-corrected chi connectivity index (χ0v) is 15.4. The van der Waals surface area contributed by atoms with Crippen molar-refractivity contribution in [2.24, 2.45) is 10.2 Å². The van der Waals surface area contributed by atoms with Crippen molar-refractivity contribution in [3.63, 3.8) is 0 Å². The monoisotopic (exact) mass is 391 g/mol. The van der Waals surface area contributed by atoms with Gasteiger partial charge in [0.25, 0.3) is 17.5 Å². The van der Waals surface area contributed by atoms with Gasteiger partial charge in [-0.1, -0.05) is 18.6 Å². The highest BCUT2D eigenvalue weighted by atomic mass is 16.6. The molecule has 2 heterocycles. The topological polar surface area (TPSA) is 108 Å². The number of hydrazine groups is 1. The molecule has 3 unspecified atom stereocenters. The van der Waals surface area contributed by atoms with Crippen molar-refractivity contribution in [3.05, 3.63) is 69.8 Å². The van der Waals surface area contributed by atoms with Crippen LogP contribution in [0.4, 0.5) is 11.4 Å². The number of fused-ring (bicyclic) bond motifs is 2. The van der Waals surface area contributed by atoms with Crippen LogP contribution in [-0.2, 0) is 0 Å². The van der Waals surface area contributed by atoms with Crippen LogP contribution in [0.25, 0.3) is 0 Å². The molecular weight excluding hydrogens is 374 g/mol. The summed E-state index contributed by atoms with van der Waals surface area (Å²) in [6.07, 6.45) is 3.45. The number of non-ortho nitro benzene ring substituents is 1. The maximum atomic E-state index is 12.9. The van der Waals surface area contributed by atoms with Crippen molar-refractivity contribution in [1.82, 2.24) is 10.0 Å². The molecule has 2 fully saturated rings. The van der Waals surface area contributed by atoms with Gasteiger partial charge in [-0.05, 0) is 43.5 Å². The molecule has 2 amide bonds. The summed E-state index contributed by atoms with van der Waals surface area (Å²) in [5, 5.41) is 22.6. The second-order valence-corrected chi connectivity index (χ2v) is 7.43. The van der Waals surface area contributed by atoms with Crippen LogP contribution in [0.2, 0.25) is 0 Å². The van der Waals surface area contributed by atoms with Crippen LogP contribution in [0.15, 0.2) is 58.8 Å². The molecule has 0 radical (unpaired) electrons. The predicted molar refractivity (Wildman–Crippen MR) is 101 cm³/mol. The zero-order chi connectivity index (χ0) is 20.2. The third kappa shape index (κ3) is 2.58. The van der Waals surface area contributed by atoms with E-state index in [0.717, 1.165) is 19.3 Å². The molecule has 0 N–H and O–H groups in total. The van der Waals surface area contributed by atoms with Gasteiger partial charge in [0.15, 0.2) is 5.66 Å². The van der Waals surface area contributed by atoms with E-state index in [1.54, 1.807) is 29.3 Å². The van der Waals surface area contributed by atoms with E-state index < -0.39 is 10.6 Å². The highest BCUT2D eigenvalue weighted by molar-refractivity contribution is 6.21. The smallest absolute Gasteiger partial charge is 0.267 e. The first-order valence-electron chi connectivity index (χ1n) is 9.47. The van der Waals surface area contributed by atoms with Gasteiger partial charge in [-0.2, -0.15) is 20.2 Å². The van der Waals surface area contributed by atoms with E-state index in [1.165, 1.54) is 29.3 Å². The number of azo groups is 1. The van der Waals surface area contributed by atoms with Gasteiger partial charge in [0.05, 0.1) is 27.8 Å². The van der Waals surface area contributed by atoms with Gasteiger partial charge in [0, 0.05) is 12.1 Å². The summed E-state index contributed by atoms with van der Waals surface area (Å²) < 4.78 is 0. The van der Waals surface area contributed by atoms with E-state index in [4.69, 9.17) is 0 Å². The first-order valence-corrected chi connectivity index (χ1v) is 9.47. The third-order valence-corrected chi connectivity index (χ3v) is 5.82. The molecule has 29 heavy (non-hydrogen) atoms. The van der Waals surface area contributed by atoms with Crippen molar-refractivity contribution in [3.8, 4) is 0 Å². The Morgan fingerprint density at radius 1 is 1.00 bits per heavy atom. The number of amides is 2. The quantitative estimate of drug-likeness (QED) is 0.259. The lowest BCUT2D eigenvalue weighted by atomic mass is 9.96. The fourth-order valence-corrected chi connectivity index (χ4v) is 4.36. The summed E-state index contributed by atoms with van der Waals surface area (Å²) in [4.78, 5) is 36.1. The molecular formula is C20H17N5O4. The number of carbonyl (C=O) groups is 2. The van der Waals surface area contributed by atoms with Gasteiger partial charge < -0.3 is 0 Å². The number of imide groups is 1. The van der Waals surface area contributed by atoms with Gasteiger partial charge in [0.1, 0.15) is 0 Å². The van der Waals surface area contributed by atoms with Crippen LogP contribution in [0.5, 0.6) is 0 Å². The van der Waals surface area contributed by atoms with Gasteiger partial charge in [-0.25, -0.2) is 0 Å². The average molecular weight is 391 g/mol. The maximum absolute atomic E-state index is 12.9. The molecule has 2 aromatic carbocycles. The second kappa shape index (κ2) is 6.28. The molecule has 0 aromatic heterocycles. The minimum atomic E-state index is -0.715. The average Bonchev–Trinajstić information content (AvgIpc) is 3.33. The standard InChI is InChI=1S/C20H17N5O4/c26-18-15-5-1-2-6-16(15)19(27)23(18)24-17-7-3-4-12-20(17,24)22-21-13-8-10-14(11-9-13)25(28)29/h1-2,5-6,8-11,17H,3-4,7,12H2. The number of hydrogen-bond acceptors (Lipinski definition) is 7. The van der Waals surface area contributed by atoms with E-state index in [1.807, 2.05) is 0 Å². The number of benzene rings is 2. The SMILES string of the molecule is O=C1c2ccccc2C(=O)N1N1C2CCCCC21N=Nc1ccc([N+](=O)[O-])cc1. The molecule has 146 valence electrons. The number of carbonyl (C=O) groups excluding carboxylic acids is 2. The Labute approximate surface area is 165 Å². The number of nitro groups is 1. The van der Waals surface area contributed by atoms with E-state index in [0.29, 0.717) is 23.2 Å². The maximum Gasteiger partial charge on any atom is 0.276 e. The molecule has 2 aromatic rings. The Kier molecular flexibility index (Phi) is 3.82. The van der Waals surface area contributed by atoms with Crippen molar-refractivity contribution in [1.29, 1.82) is 0 Å². The van der Waals surface area contributed by atoms with Crippen LogP contribution >= 0.6 is 0 Å². The van der Waals surface area contributed by atoms with Crippen LogP contribution < -0.4 is 0 Å². The first kappa shape index (κ1) is 17.6. The summed E-state index contributed by atoms with van der Waals surface area (Å²) in [7, 11) is 0. The lowest BCUT2D eigenvalue weighted by Crippen LogP contribution is -2.39. The summed E-state index contributed by atoms with van der Waals surface area (Å²) in [5.74, 6) is -0.658. The zero-order valence-electron chi connectivity index (χ0n) is 15.4. The summed E-state index contributed by atoms with van der Waals surface area (Å²) in [6, 6.07) is 12.6. The van der Waals surface area contributed by atoms with Gasteiger partial charge in [0.2, 0.25) is 0 Å². The Balaban J connectivity index is 1.44.